The van der Waals surface area contributed by atoms with Crippen LogP contribution in [0.15, 0.2) is 53.6 Å². The van der Waals surface area contributed by atoms with Crippen molar-refractivity contribution in [2.24, 2.45) is 40.4 Å². The zero-order chi connectivity index (χ0) is 25.5. The minimum Gasteiger partial charge on any atom is -0.459 e. The molecule has 2 fully saturated rings. The van der Waals surface area contributed by atoms with Gasteiger partial charge in [-0.2, -0.15) is 0 Å². The molecule has 0 unspecified atom stereocenters. The van der Waals surface area contributed by atoms with Crippen molar-refractivity contribution in [3.63, 3.8) is 0 Å². The van der Waals surface area contributed by atoms with Gasteiger partial charge in [-0.1, -0.05) is 84.2 Å². The van der Waals surface area contributed by atoms with Gasteiger partial charge in [-0.3, -0.25) is 0 Å². The van der Waals surface area contributed by atoms with Crippen molar-refractivity contribution >= 4 is 5.97 Å². The van der Waals surface area contributed by atoms with E-state index in [9.17, 15) is 4.79 Å². The summed E-state index contributed by atoms with van der Waals surface area (Å²) in [4.78, 5) is 12.7. The maximum Gasteiger partial charge on any atom is 0.338 e. The fourth-order valence-electron chi connectivity index (χ4n) is 8.71. The lowest BCUT2D eigenvalue weighted by atomic mass is 9.48. The van der Waals surface area contributed by atoms with Crippen molar-refractivity contribution in [1.29, 1.82) is 0 Å². The molecule has 2 nitrogen and oxygen atoms in total. The molecule has 0 saturated heterocycles. The number of ether oxygens (including phenoxy) is 1. The molecule has 0 aromatic heterocycles. The molecule has 0 amide bonds. The van der Waals surface area contributed by atoms with E-state index in [4.69, 9.17) is 4.74 Å². The van der Waals surface area contributed by atoms with E-state index >= 15 is 0 Å². The van der Waals surface area contributed by atoms with Crippen LogP contribution in [0.3, 0.4) is 0 Å². The fourth-order valence-corrected chi connectivity index (χ4v) is 8.71. The molecule has 7 atom stereocenters. The first kappa shape index (κ1) is 25.8. The summed E-state index contributed by atoms with van der Waals surface area (Å²) in [7, 11) is 0. The largest absolute Gasteiger partial charge is 0.459 e. The van der Waals surface area contributed by atoms with Gasteiger partial charge in [0.15, 0.2) is 0 Å². The molecule has 0 aliphatic heterocycles. The van der Waals surface area contributed by atoms with Gasteiger partial charge in [0.05, 0.1) is 5.56 Å². The summed E-state index contributed by atoms with van der Waals surface area (Å²) in [6.45, 7) is 12.4. The van der Waals surface area contributed by atoms with Crippen LogP contribution in [0.5, 0.6) is 0 Å². The van der Waals surface area contributed by atoms with Crippen LogP contribution in [-0.4, -0.2) is 12.1 Å². The quantitative estimate of drug-likeness (QED) is 0.358. The maximum absolute atomic E-state index is 12.7. The van der Waals surface area contributed by atoms with Crippen LogP contribution in [-0.2, 0) is 4.74 Å². The highest BCUT2D eigenvalue weighted by Gasteiger charge is 2.55. The van der Waals surface area contributed by atoms with E-state index in [2.05, 4.69) is 46.8 Å². The lowest BCUT2D eigenvalue weighted by Crippen LogP contribution is -2.48. The number of rotatable bonds is 7. The molecule has 5 rings (SSSR count). The van der Waals surface area contributed by atoms with Crippen molar-refractivity contribution in [3.05, 3.63) is 59.2 Å². The second kappa shape index (κ2) is 10.1. The van der Waals surface area contributed by atoms with Crippen LogP contribution in [0.4, 0.5) is 0 Å². The van der Waals surface area contributed by atoms with Crippen molar-refractivity contribution in [1.82, 2.24) is 0 Å². The van der Waals surface area contributed by atoms with Gasteiger partial charge in [-0.15, -0.1) is 0 Å². The summed E-state index contributed by atoms with van der Waals surface area (Å²) >= 11 is 0. The smallest absolute Gasteiger partial charge is 0.338 e. The van der Waals surface area contributed by atoms with Gasteiger partial charge < -0.3 is 4.74 Å². The molecule has 4 aliphatic carbocycles. The maximum atomic E-state index is 12.7. The Morgan fingerprint density at radius 3 is 2.53 bits per heavy atom. The molecule has 0 radical (unpaired) electrons. The lowest BCUT2D eigenvalue weighted by molar-refractivity contribution is -0.0409. The molecule has 36 heavy (non-hydrogen) atoms. The predicted molar refractivity (Wildman–Crippen MR) is 149 cm³/mol. The molecule has 0 heterocycles. The molecular weight excluding hydrogens is 440 g/mol. The van der Waals surface area contributed by atoms with Gasteiger partial charge in [-0.05, 0) is 109 Å². The molecule has 0 spiro atoms. The van der Waals surface area contributed by atoms with Crippen molar-refractivity contribution in [2.45, 2.75) is 105 Å². The zero-order valence-corrected chi connectivity index (χ0v) is 23.4. The van der Waals surface area contributed by atoms with E-state index in [-0.39, 0.29) is 12.1 Å². The number of carbonyl (C=O) groups is 1. The summed E-state index contributed by atoms with van der Waals surface area (Å²) in [6, 6.07) is 9.48. The first-order chi connectivity index (χ1) is 17.2. The summed E-state index contributed by atoms with van der Waals surface area (Å²) in [5.41, 5.74) is 4.80. The van der Waals surface area contributed by atoms with E-state index in [0.717, 1.165) is 37.0 Å². The Morgan fingerprint density at radius 2 is 1.78 bits per heavy atom. The van der Waals surface area contributed by atoms with Gasteiger partial charge in [0.1, 0.15) is 6.10 Å². The predicted octanol–water partition coefficient (Wildman–Crippen LogP) is 9.17. The monoisotopic (exact) mass is 488 g/mol. The van der Waals surface area contributed by atoms with Crippen molar-refractivity contribution in [3.8, 4) is 0 Å². The number of benzene rings is 1. The Bertz CT molecular complexity index is 1000. The minimum absolute atomic E-state index is 0.0568. The summed E-state index contributed by atoms with van der Waals surface area (Å²) in [5, 5.41) is 0. The SMILES string of the molecule is CC(C)CCC[C@H](C)[C@H]1CC=C2C3=CC[C@H]4C[C@@H](OC(=O)c5ccccc5)CC[C@]4(C)[C@@H]3CC[C@@]21C. The van der Waals surface area contributed by atoms with Gasteiger partial charge in [0, 0.05) is 0 Å². The highest BCUT2D eigenvalue weighted by Crippen LogP contribution is 2.65. The second-order valence-electron chi connectivity index (χ2n) is 13.5. The average Bonchev–Trinajstić information content (AvgIpc) is 3.22. The molecule has 2 saturated carbocycles. The van der Waals surface area contributed by atoms with Crippen LogP contribution in [0.2, 0.25) is 0 Å². The third kappa shape index (κ3) is 4.63. The topological polar surface area (TPSA) is 26.3 Å². The molecule has 1 aromatic carbocycles. The zero-order valence-electron chi connectivity index (χ0n) is 23.4. The summed E-state index contributed by atoms with van der Waals surface area (Å²) < 4.78 is 6.01. The number of hydrogen-bond acceptors (Lipinski definition) is 2. The number of fused-ring (bicyclic) bond motifs is 5. The Labute approximate surface area is 220 Å². The van der Waals surface area contributed by atoms with E-state index in [0.29, 0.717) is 28.2 Å². The minimum atomic E-state index is -0.158. The third-order valence-electron chi connectivity index (χ3n) is 11.0. The molecule has 0 N–H and O–H groups in total. The highest BCUT2D eigenvalue weighted by atomic mass is 16.5. The third-order valence-corrected chi connectivity index (χ3v) is 11.0. The Hall–Kier alpha value is -1.83. The van der Waals surface area contributed by atoms with Crippen molar-refractivity contribution < 1.29 is 9.53 Å². The van der Waals surface area contributed by atoms with Gasteiger partial charge >= 0.3 is 5.97 Å². The molecule has 196 valence electrons. The Kier molecular flexibility index (Phi) is 7.27. The van der Waals surface area contributed by atoms with Crippen LogP contribution in [0.25, 0.3) is 0 Å². The molecule has 4 aliphatic rings. The van der Waals surface area contributed by atoms with E-state index < -0.39 is 0 Å². The normalized spacial score (nSPS) is 36.3. The first-order valence-corrected chi connectivity index (χ1v) is 14.9. The van der Waals surface area contributed by atoms with Crippen LogP contribution >= 0.6 is 0 Å². The average molecular weight is 489 g/mol. The highest BCUT2D eigenvalue weighted by molar-refractivity contribution is 5.89. The number of allylic oxidation sites excluding steroid dienone is 4. The van der Waals surface area contributed by atoms with Crippen LogP contribution < -0.4 is 0 Å². The number of hydrogen-bond donors (Lipinski definition) is 0. The van der Waals surface area contributed by atoms with Crippen LogP contribution in [0.1, 0.15) is 109 Å². The summed E-state index contributed by atoms with van der Waals surface area (Å²) in [6.07, 6.45) is 17.7. The lowest BCUT2D eigenvalue weighted by Gasteiger charge is -2.56. The van der Waals surface area contributed by atoms with Crippen molar-refractivity contribution in [2.75, 3.05) is 0 Å². The number of esters is 1. The first-order valence-electron chi connectivity index (χ1n) is 14.9. The molecule has 2 heteroatoms. The second-order valence-corrected chi connectivity index (χ2v) is 13.5. The standard InChI is InChI=1S/C34H48O2/c1-23(2)10-9-11-24(3)29-16-17-30-28-15-14-26-22-27(36-32(35)25-12-7-6-8-13-25)18-20-33(26,4)31(28)19-21-34(29,30)5/h6-8,12-13,15,17,23-24,26-27,29,31H,9-11,14,16,18-22H2,1-5H3/t24-,26-,27-,29+,31+,33-,34+/m0/s1. The Balaban J connectivity index is 1.26. The van der Waals surface area contributed by atoms with E-state index in [1.54, 1.807) is 11.1 Å². The van der Waals surface area contributed by atoms with Gasteiger partial charge in [0.25, 0.3) is 0 Å². The molecule has 0 bridgehead atoms. The Morgan fingerprint density at radius 1 is 1.00 bits per heavy atom. The van der Waals surface area contributed by atoms with Gasteiger partial charge in [-0.25, -0.2) is 4.79 Å². The number of carbonyl (C=O) groups excluding carboxylic acids is 1. The van der Waals surface area contributed by atoms with E-state index in [1.165, 1.54) is 44.9 Å². The van der Waals surface area contributed by atoms with E-state index in [1.807, 2.05) is 30.3 Å². The molecule has 1 aromatic rings. The summed E-state index contributed by atoms with van der Waals surface area (Å²) in [5.74, 6) is 3.57. The fraction of sp³-hybridized carbons (Fsp3) is 0.676. The van der Waals surface area contributed by atoms with Gasteiger partial charge in [0.2, 0.25) is 0 Å². The van der Waals surface area contributed by atoms with Crippen LogP contribution in [0, 0.1) is 40.4 Å². The molecular formula is C34H48O2.